The lowest BCUT2D eigenvalue weighted by Gasteiger charge is -2.19. The number of carbonyl (C=O) groups is 1. The number of carbonyl (C=O) groups excluding carboxylic acids is 1. The number of rotatable bonds is 6. The predicted molar refractivity (Wildman–Crippen MR) is 83.9 cm³/mol. The molecule has 1 aromatic carbocycles. The van der Waals surface area contributed by atoms with Gasteiger partial charge in [0.1, 0.15) is 0 Å². The zero-order chi connectivity index (χ0) is 16.4. The van der Waals surface area contributed by atoms with Crippen LogP contribution in [0.2, 0.25) is 0 Å². The topological polar surface area (TPSA) is 80.9 Å². The molecule has 1 amide bonds. The molecule has 2 N–H and O–H groups in total. The van der Waals surface area contributed by atoms with Gasteiger partial charge in [-0.25, -0.2) is 0 Å². The SMILES string of the molecule is COc1cc(NC(=O)c2ccco2)c([C@@H](O)C2CC2)cc1OC. The third-order valence-corrected chi connectivity index (χ3v) is 3.94. The monoisotopic (exact) mass is 317 g/mol. The number of aliphatic hydroxyl groups is 1. The van der Waals surface area contributed by atoms with Crippen LogP contribution in [0.4, 0.5) is 5.69 Å². The molecule has 122 valence electrons. The first-order chi connectivity index (χ1) is 11.1. The number of hydrogen-bond donors (Lipinski definition) is 2. The second-order valence-corrected chi connectivity index (χ2v) is 5.51. The summed E-state index contributed by atoms with van der Waals surface area (Å²) in [5.74, 6) is 1.03. The van der Waals surface area contributed by atoms with Gasteiger partial charge >= 0.3 is 0 Å². The van der Waals surface area contributed by atoms with Gasteiger partial charge in [-0.2, -0.15) is 0 Å². The minimum Gasteiger partial charge on any atom is -0.493 e. The van der Waals surface area contributed by atoms with Crippen LogP contribution in [-0.2, 0) is 0 Å². The molecule has 0 spiro atoms. The molecule has 2 aromatic rings. The number of benzene rings is 1. The van der Waals surface area contributed by atoms with E-state index in [-0.39, 0.29) is 17.6 Å². The largest absolute Gasteiger partial charge is 0.493 e. The van der Waals surface area contributed by atoms with Crippen LogP contribution in [0.1, 0.15) is 35.1 Å². The Kier molecular flexibility index (Phi) is 4.25. The summed E-state index contributed by atoms with van der Waals surface area (Å²) in [6.07, 6.45) is 2.73. The van der Waals surface area contributed by atoms with Crippen molar-refractivity contribution in [3.8, 4) is 11.5 Å². The van der Waals surface area contributed by atoms with E-state index in [4.69, 9.17) is 13.9 Å². The van der Waals surface area contributed by atoms with Crippen LogP contribution in [0.15, 0.2) is 34.9 Å². The quantitative estimate of drug-likeness (QED) is 0.856. The number of aliphatic hydroxyl groups excluding tert-OH is 1. The maximum Gasteiger partial charge on any atom is 0.291 e. The molecule has 1 saturated carbocycles. The summed E-state index contributed by atoms with van der Waals surface area (Å²) in [7, 11) is 3.05. The van der Waals surface area contributed by atoms with Crippen LogP contribution in [0.3, 0.4) is 0 Å². The van der Waals surface area contributed by atoms with Crippen molar-refractivity contribution in [3.05, 3.63) is 41.9 Å². The van der Waals surface area contributed by atoms with Gasteiger partial charge in [0, 0.05) is 11.6 Å². The van der Waals surface area contributed by atoms with E-state index in [1.165, 1.54) is 20.5 Å². The number of hydrogen-bond acceptors (Lipinski definition) is 5. The molecular formula is C17H19NO5. The highest BCUT2D eigenvalue weighted by Gasteiger charge is 2.33. The van der Waals surface area contributed by atoms with Crippen molar-refractivity contribution < 1.29 is 23.8 Å². The summed E-state index contributed by atoms with van der Waals surface area (Å²) in [5, 5.41) is 13.3. The van der Waals surface area contributed by atoms with Crippen molar-refractivity contribution in [2.45, 2.75) is 18.9 Å². The predicted octanol–water partition coefficient (Wildman–Crippen LogP) is 2.99. The Labute approximate surface area is 134 Å². The summed E-state index contributed by atoms with van der Waals surface area (Å²) in [6, 6.07) is 6.58. The van der Waals surface area contributed by atoms with E-state index in [0.29, 0.717) is 22.7 Å². The van der Waals surface area contributed by atoms with Crippen LogP contribution >= 0.6 is 0 Å². The molecule has 1 atom stereocenters. The van der Waals surface area contributed by atoms with Gasteiger partial charge in [0.15, 0.2) is 17.3 Å². The molecule has 23 heavy (non-hydrogen) atoms. The van der Waals surface area contributed by atoms with Gasteiger partial charge in [0.05, 0.1) is 32.3 Å². The number of anilines is 1. The summed E-state index contributed by atoms with van der Waals surface area (Å²) in [4.78, 5) is 12.2. The van der Waals surface area contributed by atoms with Crippen LogP contribution in [0.5, 0.6) is 11.5 Å². The molecule has 1 aliphatic carbocycles. The van der Waals surface area contributed by atoms with Crippen LogP contribution in [0, 0.1) is 5.92 Å². The minimum atomic E-state index is -0.651. The standard InChI is InChI=1S/C17H19NO5/c1-21-14-8-11(16(19)10-5-6-10)12(9-15(14)22-2)18-17(20)13-4-3-7-23-13/h3-4,7-10,16,19H,5-6H2,1-2H3,(H,18,20)/t16-/m0/s1. The highest BCUT2D eigenvalue weighted by molar-refractivity contribution is 6.02. The highest BCUT2D eigenvalue weighted by atomic mass is 16.5. The number of methoxy groups -OCH3 is 2. The number of amides is 1. The van der Waals surface area contributed by atoms with Gasteiger partial charge in [-0.1, -0.05) is 0 Å². The molecule has 0 unspecified atom stereocenters. The Bertz CT molecular complexity index is 691. The Morgan fingerprint density at radius 3 is 2.57 bits per heavy atom. The first kappa shape index (κ1) is 15.4. The molecule has 1 fully saturated rings. The maximum atomic E-state index is 12.2. The van der Waals surface area contributed by atoms with Crippen molar-refractivity contribution in [3.63, 3.8) is 0 Å². The van der Waals surface area contributed by atoms with Gasteiger partial charge in [0.25, 0.3) is 5.91 Å². The first-order valence-electron chi connectivity index (χ1n) is 7.43. The fraction of sp³-hybridized carbons (Fsp3) is 0.353. The van der Waals surface area contributed by atoms with Crippen LogP contribution in [-0.4, -0.2) is 25.2 Å². The van der Waals surface area contributed by atoms with Gasteiger partial charge in [-0.05, 0) is 37.0 Å². The van der Waals surface area contributed by atoms with Gasteiger partial charge in [-0.3, -0.25) is 4.79 Å². The molecule has 0 aliphatic heterocycles. The van der Waals surface area contributed by atoms with E-state index < -0.39 is 6.10 Å². The molecule has 3 rings (SSSR count). The molecule has 6 heteroatoms. The molecule has 0 saturated heterocycles. The lowest BCUT2D eigenvalue weighted by Crippen LogP contribution is -2.14. The van der Waals surface area contributed by atoms with E-state index in [0.717, 1.165) is 12.8 Å². The lowest BCUT2D eigenvalue weighted by atomic mass is 10.0. The van der Waals surface area contributed by atoms with E-state index in [2.05, 4.69) is 5.32 Å². The fourth-order valence-corrected chi connectivity index (χ4v) is 2.51. The van der Waals surface area contributed by atoms with E-state index in [9.17, 15) is 9.90 Å². The number of furan rings is 1. The average Bonchev–Trinajstić information content (AvgIpc) is 3.27. The van der Waals surface area contributed by atoms with Crippen molar-refractivity contribution in [2.75, 3.05) is 19.5 Å². The third-order valence-electron chi connectivity index (χ3n) is 3.94. The van der Waals surface area contributed by atoms with Crippen molar-refractivity contribution >= 4 is 11.6 Å². The molecule has 1 aliphatic rings. The molecule has 1 aromatic heterocycles. The van der Waals surface area contributed by atoms with Crippen LogP contribution in [0.25, 0.3) is 0 Å². The Morgan fingerprint density at radius 2 is 2.00 bits per heavy atom. The van der Waals surface area contributed by atoms with Crippen molar-refractivity contribution in [2.24, 2.45) is 5.92 Å². The van der Waals surface area contributed by atoms with Crippen LogP contribution < -0.4 is 14.8 Å². The summed E-state index contributed by atoms with van der Waals surface area (Å²) in [6.45, 7) is 0. The van der Waals surface area contributed by atoms with Gasteiger partial charge in [0.2, 0.25) is 0 Å². The lowest BCUT2D eigenvalue weighted by molar-refractivity contribution is 0.0996. The molecule has 0 radical (unpaired) electrons. The maximum absolute atomic E-state index is 12.2. The number of nitrogens with one attached hydrogen (secondary N) is 1. The number of ether oxygens (including phenoxy) is 2. The van der Waals surface area contributed by atoms with Gasteiger partial charge < -0.3 is 24.3 Å². The smallest absolute Gasteiger partial charge is 0.291 e. The normalized spacial score (nSPS) is 15.1. The molecule has 0 bridgehead atoms. The van der Waals surface area contributed by atoms with Gasteiger partial charge in [-0.15, -0.1) is 0 Å². The Hall–Kier alpha value is -2.47. The zero-order valence-corrected chi connectivity index (χ0v) is 13.0. The third kappa shape index (κ3) is 3.17. The fourth-order valence-electron chi connectivity index (χ4n) is 2.51. The molecule has 6 nitrogen and oxygen atoms in total. The summed E-state index contributed by atoms with van der Waals surface area (Å²) in [5.41, 5.74) is 1.11. The first-order valence-corrected chi connectivity index (χ1v) is 7.43. The summed E-state index contributed by atoms with van der Waals surface area (Å²) < 4.78 is 15.7. The second-order valence-electron chi connectivity index (χ2n) is 5.51. The second kappa shape index (κ2) is 6.34. The zero-order valence-electron chi connectivity index (χ0n) is 13.0. The average molecular weight is 317 g/mol. The molecular weight excluding hydrogens is 298 g/mol. The minimum absolute atomic E-state index is 0.201. The van der Waals surface area contributed by atoms with E-state index in [1.807, 2.05) is 0 Å². The Balaban J connectivity index is 1.96. The van der Waals surface area contributed by atoms with Crippen molar-refractivity contribution in [1.29, 1.82) is 0 Å². The van der Waals surface area contributed by atoms with E-state index in [1.54, 1.807) is 24.3 Å². The molecule has 1 heterocycles. The highest BCUT2D eigenvalue weighted by Crippen LogP contribution is 2.45. The Morgan fingerprint density at radius 1 is 1.30 bits per heavy atom. The van der Waals surface area contributed by atoms with E-state index >= 15 is 0 Å². The van der Waals surface area contributed by atoms with Crippen molar-refractivity contribution in [1.82, 2.24) is 0 Å². The summed E-state index contributed by atoms with van der Waals surface area (Å²) >= 11 is 0.